The summed E-state index contributed by atoms with van der Waals surface area (Å²) in [4.78, 5) is 13.5. The predicted octanol–water partition coefficient (Wildman–Crippen LogP) is 3.38. The fraction of sp³-hybridized carbons (Fsp3) is 0.533. The number of benzene rings is 1. The Kier molecular flexibility index (Phi) is 3.35. The molecule has 3 rings (SSSR count). The molecule has 0 spiro atoms. The van der Waals surface area contributed by atoms with Crippen molar-refractivity contribution >= 4 is 20.7 Å². The average molecular weight is 293 g/mol. The van der Waals surface area contributed by atoms with Gasteiger partial charge in [0.1, 0.15) is 0 Å². The van der Waals surface area contributed by atoms with Gasteiger partial charge in [-0.15, -0.1) is 0 Å². The van der Waals surface area contributed by atoms with Gasteiger partial charge < -0.3 is 0 Å². The third-order valence-electron chi connectivity index (χ3n) is 4.01. The zero-order valence-corrected chi connectivity index (χ0v) is 11.7. The molecule has 90 valence electrons. The maximum atomic E-state index is 12.2. The van der Waals surface area contributed by atoms with Gasteiger partial charge in [0.05, 0.1) is 0 Å². The van der Waals surface area contributed by atoms with Crippen molar-refractivity contribution in [2.24, 2.45) is 5.92 Å². The summed E-state index contributed by atoms with van der Waals surface area (Å²) in [6.07, 6.45) is 5.91. The Morgan fingerprint density at radius 3 is 2.65 bits per heavy atom. The van der Waals surface area contributed by atoms with Gasteiger partial charge in [0.25, 0.3) is 0 Å². The van der Waals surface area contributed by atoms with Crippen LogP contribution in [0.1, 0.15) is 42.5 Å². The summed E-state index contributed by atoms with van der Waals surface area (Å²) in [7, 11) is 0. The Balaban J connectivity index is 1.79. The molecule has 1 nitrogen and oxygen atoms in total. The molecule has 3 atom stereocenters. The van der Waals surface area contributed by atoms with Crippen LogP contribution in [-0.2, 0) is 4.79 Å². The second kappa shape index (κ2) is 4.96. The summed E-state index contributed by atoms with van der Waals surface area (Å²) >= 11 is 0.625. The van der Waals surface area contributed by atoms with E-state index in [1.54, 1.807) is 0 Å². The molecule has 0 amide bonds. The van der Waals surface area contributed by atoms with Crippen LogP contribution in [0.3, 0.4) is 0 Å². The van der Waals surface area contributed by atoms with Crippen molar-refractivity contribution in [2.45, 2.75) is 41.7 Å². The number of rotatable bonds is 1. The molecule has 17 heavy (non-hydrogen) atoms. The average Bonchev–Trinajstić information content (AvgIpc) is 2.40. The molecule has 1 saturated carbocycles. The molecule has 0 aromatic heterocycles. The summed E-state index contributed by atoms with van der Waals surface area (Å²) < 4.78 is 0. The quantitative estimate of drug-likeness (QED) is 0.725. The number of hydrogen-bond acceptors (Lipinski definition) is 1. The van der Waals surface area contributed by atoms with Crippen molar-refractivity contribution in [3.05, 3.63) is 35.9 Å². The van der Waals surface area contributed by atoms with Gasteiger partial charge in [0.2, 0.25) is 0 Å². The molecule has 2 aliphatic rings. The van der Waals surface area contributed by atoms with E-state index in [4.69, 9.17) is 0 Å². The van der Waals surface area contributed by atoms with Gasteiger partial charge >= 0.3 is 109 Å². The van der Waals surface area contributed by atoms with Gasteiger partial charge in [-0.3, -0.25) is 0 Å². The van der Waals surface area contributed by atoms with Crippen molar-refractivity contribution in [1.29, 1.82) is 0 Å². The number of fused-ring (bicyclic) bond motifs is 1. The number of Topliss-reactive ketones (excluding diaryl/α,β-unsaturated/α-hetero) is 1. The molecule has 1 heterocycles. The topological polar surface area (TPSA) is 17.1 Å². The first-order chi connectivity index (χ1) is 8.34. The van der Waals surface area contributed by atoms with E-state index >= 15 is 0 Å². The molecule has 0 N–H and O–H groups in total. The Morgan fingerprint density at radius 2 is 1.82 bits per heavy atom. The summed E-state index contributed by atoms with van der Waals surface area (Å²) in [6.45, 7) is 0. The fourth-order valence-corrected chi connectivity index (χ4v) is 6.81. The first-order valence-electron chi connectivity index (χ1n) is 6.58. The van der Waals surface area contributed by atoms with Crippen LogP contribution in [0.2, 0.25) is 4.82 Å². The van der Waals surface area contributed by atoms with Gasteiger partial charge in [-0.2, -0.15) is 0 Å². The van der Waals surface area contributed by atoms with Crippen LogP contribution in [0.15, 0.2) is 30.3 Å². The Morgan fingerprint density at radius 1 is 1.06 bits per heavy atom. The summed E-state index contributed by atoms with van der Waals surface area (Å²) in [5.74, 6) is 0.986. The van der Waals surface area contributed by atoms with E-state index in [0.717, 1.165) is 11.2 Å². The molecule has 0 unspecified atom stereocenters. The Labute approximate surface area is 109 Å². The standard InChI is InChI=1S/C15H18OSe/c16-13-10-15(11-6-2-1-3-7-11)17-14-9-5-4-8-12(13)14/h1-3,6-7,12,14-15H,4-5,8-10H2/t12-,14+,15-/m0/s1. The molecule has 1 aliphatic carbocycles. The second-order valence-electron chi connectivity index (χ2n) is 5.14. The van der Waals surface area contributed by atoms with Crippen LogP contribution < -0.4 is 0 Å². The maximum absolute atomic E-state index is 12.2. The van der Waals surface area contributed by atoms with E-state index in [1.165, 1.54) is 31.2 Å². The van der Waals surface area contributed by atoms with E-state index in [1.807, 2.05) is 0 Å². The van der Waals surface area contributed by atoms with Crippen LogP contribution in [0.25, 0.3) is 0 Å². The van der Waals surface area contributed by atoms with Crippen LogP contribution in [0, 0.1) is 5.92 Å². The minimum atomic E-state index is 0.434. The minimum absolute atomic E-state index is 0.434. The number of carbonyl (C=O) groups excluding carboxylic acids is 1. The molecule has 2 heteroatoms. The Bertz CT molecular complexity index is 401. The third kappa shape index (κ3) is 2.34. The van der Waals surface area contributed by atoms with E-state index in [-0.39, 0.29) is 0 Å². The molecule has 1 aliphatic heterocycles. The normalized spacial score (nSPS) is 33.2. The number of ketones is 1. The van der Waals surface area contributed by atoms with Gasteiger partial charge in [0.15, 0.2) is 0 Å². The first-order valence-corrected chi connectivity index (χ1v) is 8.55. The molecule has 2 fully saturated rings. The molecule has 0 bridgehead atoms. The third-order valence-corrected chi connectivity index (χ3v) is 7.54. The fourth-order valence-electron chi connectivity index (χ4n) is 3.09. The summed E-state index contributed by atoms with van der Waals surface area (Å²) in [5, 5.41) is 0. The Hall–Kier alpha value is -0.591. The zero-order chi connectivity index (χ0) is 11.7. The van der Waals surface area contributed by atoms with Crippen LogP contribution in [0.4, 0.5) is 0 Å². The monoisotopic (exact) mass is 294 g/mol. The predicted molar refractivity (Wildman–Crippen MR) is 70.3 cm³/mol. The van der Waals surface area contributed by atoms with E-state index in [0.29, 0.717) is 31.5 Å². The molecule has 1 saturated heterocycles. The molecular weight excluding hydrogens is 275 g/mol. The van der Waals surface area contributed by atoms with Crippen molar-refractivity contribution in [3.8, 4) is 0 Å². The summed E-state index contributed by atoms with van der Waals surface area (Å²) in [6, 6.07) is 10.7. The van der Waals surface area contributed by atoms with Crippen LogP contribution in [0.5, 0.6) is 0 Å². The molecule has 0 radical (unpaired) electrons. The van der Waals surface area contributed by atoms with Gasteiger partial charge in [-0.05, 0) is 0 Å². The van der Waals surface area contributed by atoms with Crippen molar-refractivity contribution < 1.29 is 4.79 Å². The van der Waals surface area contributed by atoms with E-state index < -0.39 is 0 Å². The van der Waals surface area contributed by atoms with Gasteiger partial charge in [-0.25, -0.2) is 0 Å². The van der Waals surface area contributed by atoms with Crippen molar-refractivity contribution in [3.63, 3.8) is 0 Å². The van der Waals surface area contributed by atoms with E-state index in [9.17, 15) is 4.79 Å². The van der Waals surface area contributed by atoms with Gasteiger partial charge in [0, 0.05) is 0 Å². The van der Waals surface area contributed by atoms with Crippen LogP contribution in [-0.4, -0.2) is 20.7 Å². The molecule has 1 aromatic carbocycles. The molecule has 1 aromatic rings. The number of hydrogen-bond donors (Lipinski definition) is 0. The second-order valence-corrected chi connectivity index (χ2v) is 8.17. The number of carbonyl (C=O) groups is 1. The van der Waals surface area contributed by atoms with Gasteiger partial charge in [-0.1, -0.05) is 0 Å². The van der Waals surface area contributed by atoms with Crippen molar-refractivity contribution in [2.75, 3.05) is 0 Å². The van der Waals surface area contributed by atoms with E-state index in [2.05, 4.69) is 30.3 Å². The van der Waals surface area contributed by atoms with Crippen molar-refractivity contribution in [1.82, 2.24) is 0 Å². The van der Waals surface area contributed by atoms with Crippen LogP contribution >= 0.6 is 0 Å². The first kappa shape index (κ1) is 11.5. The SMILES string of the molecule is O=C1C[C@@H](c2ccccc2)[Se][C@@H]2CCCC[C@@H]12. The molecular formula is C15H18OSe. The summed E-state index contributed by atoms with van der Waals surface area (Å²) in [5.41, 5.74) is 1.39. The zero-order valence-electron chi connectivity index (χ0n) is 9.97.